The van der Waals surface area contributed by atoms with Crippen molar-refractivity contribution in [1.82, 2.24) is 0 Å². The molecule has 1 unspecified atom stereocenters. The van der Waals surface area contributed by atoms with Crippen LogP contribution in [0.25, 0.3) is 0 Å². The van der Waals surface area contributed by atoms with E-state index in [9.17, 15) is 4.79 Å². The van der Waals surface area contributed by atoms with Gasteiger partial charge in [-0.1, -0.05) is 85.1 Å². The van der Waals surface area contributed by atoms with Crippen molar-refractivity contribution in [2.24, 2.45) is 16.7 Å². The zero-order valence-corrected chi connectivity index (χ0v) is 20.6. The van der Waals surface area contributed by atoms with Crippen LogP contribution >= 0.6 is 0 Å². The Bertz CT molecular complexity index is 598. The van der Waals surface area contributed by atoms with Crippen LogP contribution < -0.4 is 0 Å². The Labute approximate surface area is 180 Å². The minimum Gasteiger partial charge on any atom is -0.379 e. The first kappa shape index (κ1) is 25.9. The largest absolute Gasteiger partial charge is 0.379 e. The molecule has 0 heterocycles. The molecule has 0 radical (unpaired) electrons. The van der Waals surface area contributed by atoms with Gasteiger partial charge in [-0.25, -0.2) is 0 Å². The van der Waals surface area contributed by atoms with Gasteiger partial charge < -0.3 is 4.74 Å². The summed E-state index contributed by atoms with van der Waals surface area (Å²) in [6.07, 6.45) is 8.75. The summed E-state index contributed by atoms with van der Waals surface area (Å²) in [5.74, 6) is 1.33. The third-order valence-corrected chi connectivity index (χ3v) is 7.01. The summed E-state index contributed by atoms with van der Waals surface area (Å²) in [5.41, 5.74) is 2.81. The summed E-state index contributed by atoms with van der Waals surface area (Å²) >= 11 is 0. The van der Waals surface area contributed by atoms with Crippen molar-refractivity contribution in [3.63, 3.8) is 0 Å². The average Bonchev–Trinajstić information content (AvgIpc) is 3.22. The van der Waals surface area contributed by atoms with Gasteiger partial charge in [0, 0.05) is 12.7 Å². The zero-order chi connectivity index (χ0) is 22.3. The summed E-state index contributed by atoms with van der Waals surface area (Å²) in [4.78, 5) is 10.8. The summed E-state index contributed by atoms with van der Waals surface area (Å²) in [6.45, 7) is 18.2. The van der Waals surface area contributed by atoms with Crippen molar-refractivity contribution in [3.8, 4) is 0 Å². The lowest BCUT2D eigenvalue weighted by molar-refractivity contribution is -0.0256. The Hall–Kier alpha value is -1.15. The third-order valence-electron chi connectivity index (χ3n) is 7.01. The number of carbonyl (C=O) groups excluding carboxylic acids is 1. The van der Waals surface area contributed by atoms with Crippen molar-refractivity contribution in [3.05, 3.63) is 35.4 Å². The topological polar surface area (TPSA) is 26.3 Å². The molecule has 0 saturated heterocycles. The fourth-order valence-electron chi connectivity index (χ4n) is 4.30. The van der Waals surface area contributed by atoms with E-state index in [2.05, 4.69) is 67.5 Å². The molecule has 1 atom stereocenters. The molecule has 1 fully saturated rings. The number of methoxy groups -OCH3 is 1. The van der Waals surface area contributed by atoms with E-state index in [1.165, 1.54) is 31.2 Å². The van der Waals surface area contributed by atoms with Crippen LogP contribution in [0.5, 0.6) is 0 Å². The first-order chi connectivity index (χ1) is 13.4. The van der Waals surface area contributed by atoms with Crippen molar-refractivity contribution in [2.75, 3.05) is 7.11 Å². The molecule has 1 aliphatic carbocycles. The second kappa shape index (κ2) is 10.8. The van der Waals surface area contributed by atoms with Gasteiger partial charge in [0.25, 0.3) is 0 Å². The molecular formula is C27H46O2. The molecule has 0 N–H and O–H groups in total. The van der Waals surface area contributed by atoms with Crippen LogP contribution in [0, 0.1) is 16.7 Å². The Kier molecular flexibility index (Phi) is 9.60. The standard InChI is InChI=1S/C18H28O.C9H18O/c1-7-18(5,6)16(12-17(2,3)4)15-10-8-14(13-19)9-11-15;1-9(2,10-3)8-6-4-5-7-8/h8-11,13,16H,7,12H2,1-6H3;8H,4-7H2,1-3H3. The smallest absolute Gasteiger partial charge is 0.150 e. The molecule has 0 spiro atoms. The number of hydrogen-bond donors (Lipinski definition) is 0. The first-order valence-corrected chi connectivity index (χ1v) is 11.5. The zero-order valence-electron chi connectivity index (χ0n) is 20.6. The molecule has 2 nitrogen and oxygen atoms in total. The third kappa shape index (κ3) is 8.24. The SMILES string of the molecule is CCC(C)(C)C(CC(C)(C)C)c1ccc(C=O)cc1.COC(C)(C)C1CCCC1. The predicted molar refractivity (Wildman–Crippen MR) is 126 cm³/mol. The highest BCUT2D eigenvalue weighted by atomic mass is 16.5. The number of aldehydes is 1. The Morgan fingerprint density at radius 2 is 1.52 bits per heavy atom. The molecule has 0 aliphatic heterocycles. The lowest BCUT2D eigenvalue weighted by Crippen LogP contribution is -2.31. The summed E-state index contributed by atoms with van der Waals surface area (Å²) in [6, 6.07) is 8.11. The molecule has 1 saturated carbocycles. The maximum absolute atomic E-state index is 10.8. The van der Waals surface area contributed by atoms with Gasteiger partial charge in [0.15, 0.2) is 0 Å². The van der Waals surface area contributed by atoms with Crippen molar-refractivity contribution in [1.29, 1.82) is 0 Å². The van der Waals surface area contributed by atoms with Crippen LogP contribution in [0.3, 0.4) is 0 Å². The van der Waals surface area contributed by atoms with E-state index in [1.54, 1.807) is 0 Å². The van der Waals surface area contributed by atoms with Crippen molar-refractivity contribution < 1.29 is 9.53 Å². The highest BCUT2D eigenvalue weighted by Gasteiger charge is 2.32. The van der Waals surface area contributed by atoms with Gasteiger partial charge in [-0.15, -0.1) is 0 Å². The summed E-state index contributed by atoms with van der Waals surface area (Å²) in [5, 5.41) is 0. The highest BCUT2D eigenvalue weighted by molar-refractivity contribution is 5.74. The summed E-state index contributed by atoms with van der Waals surface area (Å²) in [7, 11) is 1.82. The van der Waals surface area contributed by atoms with E-state index in [1.807, 2.05) is 19.2 Å². The Morgan fingerprint density at radius 1 is 1.00 bits per heavy atom. The highest BCUT2D eigenvalue weighted by Crippen LogP contribution is 2.45. The van der Waals surface area contributed by atoms with Crippen molar-refractivity contribution >= 4 is 6.29 Å². The van der Waals surface area contributed by atoms with E-state index in [0.717, 1.165) is 30.6 Å². The van der Waals surface area contributed by atoms with Gasteiger partial charge in [-0.2, -0.15) is 0 Å². The number of hydrogen-bond acceptors (Lipinski definition) is 2. The van der Waals surface area contributed by atoms with Gasteiger partial charge in [0.1, 0.15) is 6.29 Å². The molecule has 0 bridgehead atoms. The van der Waals surface area contributed by atoms with E-state index in [0.29, 0.717) is 11.3 Å². The van der Waals surface area contributed by atoms with Gasteiger partial charge in [-0.3, -0.25) is 4.79 Å². The number of benzene rings is 1. The summed E-state index contributed by atoms with van der Waals surface area (Å²) < 4.78 is 5.42. The second-order valence-corrected chi connectivity index (χ2v) is 11.2. The van der Waals surface area contributed by atoms with Crippen LogP contribution in [0.15, 0.2) is 24.3 Å². The predicted octanol–water partition coefficient (Wildman–Crippen LogP) is 8.06. The van der Waals surface area contributed by atoms with Crippen LogP contribution in [0.1, 0.15) is 116 Å². The maximum Gasteiger partial charge on any atom is 0.150 e. The minimum atomic E-state index is 0.122. The van der Waals surface area contributed by atoms with E-state index in [4.69, 9.17) is 4.74 Å². The maximum atomic E-state index is 10.8. The molecule has 0 amide bonds. The number of ether oxygens (including phenoxy) is 1. The van der Waals surface area contributed by atoms with E-state index >= 15 is 0 Å². The van der Waals surface area contributed by atoms with Crippen molar-refractivity contribution in [2.45, 2.75) is 105 Å². The molecule has 0 aromatic heterocycles. The molecule has 1 aromatic rings. The molecule has 29 heavy (non-hydrogen) atoms. The molecule has 2 rings (SSSR count). The van der Waals surface area contributed by atoms with Gasteiger partial charge in [0.2, 0.25) is 0 Å². The first-order valence-electron chi connectivity index (χ1n) is 11.5. The van der Waals surface area contributed by atoms with Gasteiger partial charge in [-0.05, 0) is 61.3 Å². The average molecular weight is 403 g/mol. The molecule has 2 heteroatoms. The van der Waals surface area contributed by atoms with Crippen LogP contribution in [-0.4, -0.2) is 19.0 Å². The number of carbonyl (C=O) groups is 1. The van der Waals surface area contributed by atoms with Crippen LogP contribution in [0.4, 0.5) is 0 Å². The molecule has 1 aliphatic rings. The van der Waals surface area contributed by atoms with E-state index < -0.39 is 0 Å². The van der Waals surface area contributed by atoms with Crippen LogP contribution in [0.2, 0.25) is 0 Å². The van der Waals surface area contributed by atoms with E-state index in [-0.39, 0.29) is 11.0 Å². The normalized spacial score (nSPS) is 16.9. The quantitative estimate of drug-likeness (QED) is 0.431. The van der Waals surface area contributed by atoms with Gasteiger partial charge >= 0.3 is 0 Å². The number of rotatable bonds is 7. The van der Waals surface area contributed by atoms with Crippen LogP contribution in [-0.2, 0) is 4.74 Å². The second-order valence-electron chi connectivity index (χ2n) is 11.2. The fraction of sp³-hybridized carbons (Fsp3) is 0.741. The monoisotopic (exact) mass is 402 g/mol. The molecule has 166 valence electrons. The molecular weight excluding hydrogens is 356 g/mol. The minimum absolute atomic E-state index is 0.122. The molecule has 1 aromatic carbocycles. The Balaban J connectivity index is 0.000000352. The lowest BCUT2D eigenvalue weighted by atomic mass is 9.67. The van der Waals surface area contributed by atoms with Gasteiger partial charge in [0.05, 0.1) is 5.60 Å². The lowest BCUT2D eigenvalue weighted by Gasteiger charge is -2.38. The fourth-order valence-corrected chi connectivity index (χ4v) is 4.30. The Morgan fingerprint density at radius 3 is 1.90 bits per heavy atom.